The molecule has 0 amide bonds. The van der Waals surface area contributed by atoms with Crippen LogP contribution in [0.25, 0.3) is 0 Å². The number of para-hydroxylation sites is 1. The third kappa shape index (κ3) is 4.13. The van der Waals surface area contributed by atoms with Crippen molar-refractivity contribution in [2.24, 2.45) is 0 Å². The molecule has 1 aliphatic rings. The average molecular weight is 393 g/mol. The van der Waals surface area contributed by atoms with Crippen LogP contribution < -0.4 is 10.2 Å². The van der Waals surface area contributed by atoms with Crippen LogP contribution in [0, 0.1) is 6.92 Å². The number of aliphatic hydroxyl groups excluding tert-OH is 1. The van der Waals surface area contributed by atoms with Gasteiger partial charge in [0.25, 0.3) is 0 Å². The number of hydrogen-bond acceptors (Lipinski definition) is 6. The second-order valence-corrected chi connectivity index (χ2v) is 7.92. The Morgan fingerprint density at radius 2 is 1.93 bits per heavy atom. The molecule has 1 aliphatic heterocycles. The third-order valence-electron chi connectivity index (χ3n) is 4.84. The predicted molar refractivity (Wildman–Crippen MR) is 114 cm³/mol. The Balaban J connectivity index is 1.61. The topological polar surface area (TPSA) is 61.3 Å². The molecule has 0 fully saturated rings. The van der Waals surface area contributed by atoms with Gasteiger partial charge in [-0.2, -0.15) is 0 Å². The van der Waals surface area contributed by atoms with Gasteiger partial charge < -0.3 is 15.3 Å². The van der Waals surface area contributed by atoms with E-state index >= 15 is 0 Å². The lowest BCUT2D eigenvalue weighted by Crippen LogP contribution is -2.36. The minimum absolute atomic E-state index is 0.122. The Bertz CT molecular complexity index is 935. The molecule has 3 aromatic rings. The Labute approximate surface area is 169 Å². The minimum Gasteiger partial charge on any atom is -0.395 e. The van der Waals surface area contributed by atoms with Gasteiger partial charge >= 0.3 is 0 Å². The molecule has 2 N–H and O–H groups in total. The second kappa shape index (κ2) is 8.63. The molecule has 0 spiro atoms. The van der Waals surface area contributed by atoms with Crippen molar-refractivity contribution in [1.29, 1.82) is 0 Å². The summed E-state index contributed by atoms with van der Waals surface area (Å²) in [7, 11) is 0. The number of aliphatic hydroxyl groups is 1. The standard InChI is InChI=1S/C22H24N4OS/c1-16-23-15-18-19(11-12-26(13-14-27)22(18)24-16)25-20-9-5-6-10-21(20)28-17-7-3-2-4-8-17/h2-10,15,19,25,27H,11-14H2,1H3. The number of β-amino-alcohol motifs (C(OH)–C–C–N with tert-alkyl or cyclic N) is 1. The molecular weight excluding hydrogens is 368 g/mol. The van der Waals surface area contributed by atoms with Gasteiger partial charge in [-0.1, -0.05) is 42.1 Å². The van der Waals surface area contributed by atoms with Gasteiger partial charge in [-0.05, 0) is 37.6 Å². The third-order valence-corrected chi connectivity index (χ3v) is 5.92. The number of rotatable bonds is 6. The summed E-state index contributed by atoms with van der Waals surface area (Å²) in [5.74, 6) is 1.68. The van der Waals surface area contributed by atoms with Crippen molar-refractivity contribution in [1.82, 2.24) is 9.97 Å². The molecule has 1 unspecified atom stereocenters. The van der Waals surface area contributed by atoms with Crippen LogP contribution in [0.15, 0.2) is 70.6 Å². The van der Waals surface area contributed by atoms with Crippen LogP contribution in [-0.4, -0.2) is 34.8 Å². The number of aryl methyl sites for hydroxylation is 1. The fourth-order valence-corrected chi connectivity index (χ4v) is 4.41. The highest BCUT2D eigenvalue weighted by molar-refractivity contribution is 7.99. The summed E-state index contributed by atoms with van der Waals surface area (Å²) in [5, 5.41) is 13.1. The number of benzene rings is 2. The molecule has 2 aromatic carbocycles. The van der Waals surface area contributed by atoms with Gasteiger partial charge in [0.05, 0.1) is 12.6 Å². The lowest BCUT2D eigenvalue weighted by Gasteiger charge is -2.35. The maximum Gasteiger partial charge on any atom is 0.137 e. The van der Waals surface area contributed by atoms with Gasteiger partial charge in [0.15, 0.2) is 0 Å². The van der Waals surface area contributed by atoms with Crippen LogP contribution in [0.4, 0.5) is 11.5 Å². The SMILES string of the molecule is Cc1ncc2c(n1)N(CCO)CCC2Nc1ccccc1Sc1ccccc1. The summed E-state index contributed by atoms with van der Waals surface area (Å²) in [6, 6.07) is 19.0. The first-order valence-electron chi connectivity index (χ1n) is 9.52. The van der Waals surface area contributed by atoms with E-state index in [2.05, 4.69) is 68.7 Å². The van der Waals surface area contributed by atoms with Crippen LogP contribution in [0.5, 0.6) is 0 Å². The average Bonchev–Trinajstić information content (AvgIpc) is 2.72. The largest absolute Gasteiger partial charge is 0.395 e. The normalized spacial score (nSPS) is 15.9. The molecule has 1 atom stereocenters. The summed E-state index contributed by atoms with van der Waals surface area (Å²) in [6.45, 7) is 3.48. The smallest absolute Gasteiger partial charge is 0.137 e. The molecule has 0 bridgehead atoms. The molecule has 0 saturated heterocycles. The zero-order valence-corrected chi connectivity index (χ0v) is 16.7. The quantitative estimate of drug-likeness (QED) is 0.652. The van der Waals surface area contributed by atoms with Gasteiger partial charge in [-0.3, -0.25) is 0 Å². The molecule has 6 heteroatoms. The zero-order valence-electron chi connectivity index (χ0n) is 15.9. The van der Waals surface area contributed by atoms with Crippen molar-refractivity contribution in [3.05, 3.63) is 72.2 Å². The van der Waals surface area contributed by atoms with E-state index in [9.17, 15) is 5.11 Å². The summed E-state index contributed by atoms with van der Waals surface area (Å²) in [4.78, 5) is 13.6. The van der Waals surface area contributed by atoms with E-state index < -0.39 is 0 Å². The van der Waals surface area contributed by atoms with Gasteiger partial charge in [0, 0.05) is 40.3 Å². The Morgan fingerprint density at radius 3 is 2.75 bits per heavy atom. The van der Waals surface area contributed by atoms with Gasteiger partial charge in [-0.15, -0.1) is 0 Å². The van der Waals surface area contributed by atoms with Crippen molar-refractivity contribution in [2.45, 2.75) is 29.2 Å². The van der Waals surface area contributed by atoms with E-state index in [4.69, 9.17) is 0 Å². The van der Waals surface area contributed by atoms with Crippen molar-refractivity contribution >= 4 is 23.3 Å². The minimum atomic E-state index is 0.122. The summed E-state index contributed by atoms with van der Waals surface area (Å²) in [5.41, 5.74) is 2.20. The number of fused-ring (bicyclic) bond motifs is 1. The first kappa shape index (κ1) is 18.8. The fraction of sp³-hybridized carbons (Fsp3) is 0.273. The number of anilines is 2. The Kier molecular flexibility index (Phi) is 5.78. The van der Waals surface area contributed by atoms with Crippen molar-refractivity contribution in [2.75, 3.05) is 29.9 Å². The Morgan fingerprint density at radius 1 is 1.14 bits per heavy atom. The number of nitrogens with one attached hydrogen (secondary N) is 1. The molecule has 2 heterocycles. The van der Waals surface area contributed by atoms with E-state index in [0.717, 1.165) is 35.9 Å². The highest BCUT2D eigenvalue weighted by Crippen LogP contribution is 2.38. The van der Waals surface area contributed by atoms with Crippen LogP contribution in [-0.2, 0) is 0 Å². The van der Waals surface area contributed by atoms with Crippen LogP contribution in [0.2, 0.25) is 0 Å². The Hall–Kier alpha value is -2.57. The highest BCUT2D eigenvalue weighted by Gasteiger charge is 2.27. The molecular formula is C22H24N4OS. The lowest BCUT2D eigenvalue weighted by molar-refractivity contribution is 0.300. The van der Waals surface area contributed by atoms with E-state index in [1.165, 1.54) is 9.79 Å². The zero-order chi connectivity index (χ0) is 19.3. The second-order valence-electron chi connectivity index (χ2n) is 6.80. The molecule has 4 rings (SSSR count). The van der Waals surface area contributed by atoms with Gasteiger partial charge in [0.2, 0.25) is 0 Å². The van der Waals surface area contributed by atoms with E-state index in [0.29, 0.717) is 6.54 Å². The van der Waals surface area contributed by atoms with E-state index in [1.54, 1.807) is 11.8 Å². The maximum absolute atomic E-state index is 9.39. The monoisotopic (exact) mass is 392 g/mol. The van der Waals surface area contributed by atoms with E-state index in [1.807, 2.05) is 19.2 Å². The number of hydrogen-bond donors (Lipinski definition) is 2. The highest BCUT2D eigenvalue weighted by atomic mass is 32.2. The van der Waals surface area contributed by atoms with Crippen molar-refractivity contribution in [3.8, 4) is 0 Å². The maximum atomic E-state index is 9.39. The molecule has 5 nitrogen and oxygen atoms in total. The molecule has 1 aromatic heterocycles. The molecule has 0 aliphatic carbocycles. The first-order valence-corrected chi connectivity index (χ1v) is 10.3. The van der Waals surface area contributed by atoms with Crippen LogP contribution >= 0.6 is 11.8 Å². The summed E-state index contributed by atoms with van der Waals surface area (Å²) >= 11 is 1.76. The summed E-state index contributed by atoms with van der Waals surface area (Å²) in [6.07, 6.45) is 2.86. The number of aromatic nitrogens is 2. The molecule has 28 heavy (non-hydrogen) atoms. The van der Waals surface area contributed by atoms with Crippen LogP contribution in [0.3, 0.4) is 0 Å². The molecule has 144 valence electrons. The molecule has 0 saturated carbocycles. The van der Waals surface area contributed by atoms with Gasteiger partial charge in [-0.25, -0.2) is 9.97 Å². The lowest BCUT2D eigenvalue weighted by atomic mass is 10.0. The predicted octanol–water partition coefficient (Wildman–Crippen LogP) is 4.29. The van der Waals surface area contributed by atoms with Gasteiger partial charge in [0.1, 0.15) is 11.6 Å². The first-order chi connectivity index (χ1) is 13.7. The fourth-order valence-electron chi connectivity index (χ4n) is 3.48. The van der Waals surface area contributed by atoms with Crippen molar-refractivity contribution in [3.63, 3.8) is 0 Å². The van der Waals surface area contributed by atoms with Crippen molar-refractivity contribution < 1.29 is 5.11 Å². The summed E-state index contributed by atoms with van der Waals surface area (Å²) < 4.78 is 0. The van der Waals surface area contributed by atoms with Crippen LogP contribution in [0.1, 0.15) is 23.9 Å². The number of nitrogens with zero attached hydrogens (tertiary/aromatic N) is 3. The van der Waals surface area contributed by atoms with E-state index in [-0.39, 0.29) is 12.6 Å². The molecule has 0 radical (unpaired) electrons.